The topological polar surface area (TPSA) is 66.5 Å². The van der Waals surface area contributed by atoms with Gasteiger partial charge >= 0.3 is 0 Å². The molecule has 26 heavy (non-hydrogen) atoms. The van der Waals surface area contributed by atoms with Crippen LogP contribution < -0.4 is 5.32 Å². The van der Waals surface area contributed by atoms with Crippen molar-refractivity contribution in [2.45, 2.75) is 16.2 Å². The predicted molar refractivity (Wildman–Crippen MR) is 101 cm³/mol. The van der Waals surface area contributed by atoms with Crippen LogP contribution in [0.4, 0.5) is 4.39 Å². The fraction of sp³-hybridized carbons (Fsp3) is 0.278. The smallest absolute Gasteiger partial charge is 0.243 e. The number of carbonyl (C=O) groups excluding carboxylic acids is 1. The number of likely N-dealkylation sites (N-methyl/N-ethyl adjacent to an activating group) is 1. The fourth-order valence-corrected chi connectivity index (χ4v) is 4.14. The molecule has 0 unspecified atom stereocenters. The Balaban J connectivity index is 1.73. The van der Waals surface area contributed by atoms with Crippen molar-refractivity contribution in [3.8, 4) is 0 Å². The average molecular weight is 397 g/mol. The molecule has 0 radical (unpaired) electrons. The average Bonchev–Trinajstić information content (AvgIpc) is 2.62. The molecule has 0 fully saturated rings. The first-order chi connectivity index (χ1) is 12.4. The minimum atomic E-state index is -3.82. The number of thioether (sulfide) groups is 1. The number of nitrogens with one attached hydrogen (secondary N) is 1. The Kier molecular flexibility index (Phi) is 7.62. The van der Waals surface area contributed by atoms with Crippen LogP contribution in [0.3, 0.4) is 0 Å². The summed E-state index contributed by atoms with van der Waals surface area (Å²) in [4.78, 5) is 13.1. The first-order valence-electron chi connectivity index (χ1n) is 8.06. The standard InChI is InChI=1S/C18H21FN2O3S2/c1-21(26(23,24)17-10-8-15(19)9-11-17)14-18(22)20-12-5-13-25-16-6-3-2-4-7-16/h2-4,6-11H,5,12-14H2,1H3,(H,20,22). The van der Waals surface area contributed by atoms with E-state index in [-0.39, 0.29) is 17.3 Å². The molecule has 2 rings (SSSR count). The van der Waals surface area contributed by atoms with E-state index in [1.807, 2.05) is 30.3 Å². The second-order valence-corrected chi connectivity index (χ2v) is 8.79. The van der Waals surface area contributed by atoms with E-state index in [1.54, 1.807) is 11.8 Å². The molecule has 0 aliphatic carbocycles. The maximum atomic E-state index is 12.9. The largest absolute Gasteiger partial charge is 0.355 e. The second kappa shape index (κ2) is 9.70. The molecule has 0 aromatic heterocycles. The van der Waals surface area contributed by atoms with Crippen LogP contribution in [0.15, 0.2) is 64.4 Å². The predicted octanol–water partition coefficient (Wildman–Crippen LogP) is 2.74. The summed E-state index contributed by atoms with van der Waals surface area (Å²) < 4.78 is 38.5. The summed E-state index contributed by atoms with van der Waals surface area (Å²) in [6.45, 7) is 0.189. The quantitative estimate of drug-likeness (QED) is 0.523. The highest BCUT2D eigenvalue weighted by atomic mass is 32.2. The molecule has 140 valence electrons. The van der Waals surface area contributed by atoms with Gasteiger partial charge in [0.1, 0.15) is 5.82 Å². The summed E-state index contributed by atoms with van der Waals surface area (Å²) in [5.41, 5.74) is 0. The van der Waals surface area contributed by atoms with Gasteiger partial charge < -0.3 is 5.32 Å². The van der Waals surface area contributed by atoms with Crippen molar-refractivity contribution in [2.24, 2.45) is 0 Å². The van der Waals surface area contributed by atoms with E-state index in [0.29, 0.717) is 6.54 Å². The van der Waals surface area contributed by atoms with E-state index in [9.17, 15) is 17.6 Å². The molecule has 0 saturated heterocycles. The molecule has 2 aromatic rings. The number of rotatable bonds is 9. The molecule has 0 bridgehead atoms. The first-order valence-corrected chi connectivity index (χ1v) is 10.5. The zero-order valence-corrected chi connectivity index (χ0v) is 16.0. The molecule has 5 nitrogen and oxygen atoms in total. The van der Waals surface area contributed by atoms with Crippen molar-refractivity contribution in [3.63, 3.8) is 0 Å². The highest BCUT2D eigenvalue weighted by molar-refractivity contribution is 7.99. The molecule has 0 saturated carbocycles. The van der Waals surface area contributed by atoms with E-state index in [0.717, 1.165) is 28.6 Å². The Morgan fingerprint density at radius 2 is 1.77 bits per heavy atom. The lowest BCUT2D eigenvalue weighted by Crippen LogP contribution is -2.38. The Morgan fingerprint density at radius 3 is 2.42 bits per heavy atom. The summed E-state index contributed by atoms with van der Waals surface area (Å²) in [5, 5.41) is 2.71. The van der Waals surface area contributed by atoms with Gasteiger partial charge in [-0.15, -0.1) is 11.8 Å². The number of benzene rings is 2. The van der Waals surface area contributed by atoms with Crippen LogP contribution in [0.2, 0.25) is 0 Å². The third-order valence-electron chi connectivity index (χ3n) is 3.54. The lowest BCUT2D eigenvalue weighted by Gasteiger charge is -2.16. The number of amides is 1. The molecule has 8 heteroatoms. The summed E-state index contributed by atoms with van der Waals surface area (Å²) in [5.74, 6) is -0.0331. The van der Waals surface area contributed by atoms with Gasteiger partial charge in [0.2, 0.25) is 15.9 Å². The monoisotopic (exact) mass is 396 g/mol. The minimum Gasteiger partial charge on any atom is -0.355 e. The van der Waals surface area contributed by atoms with Crippen LogP contribution in [-0.4, -0.2) is 44.5 Å². The second-order valence-electron chi connectivity index (χ2n) is 5.58. The highest BCUT2D eigenvalue weighted by Crippen LogP contribution is 2.17. The van der Waals surface area contributed by atoms with Gasteiger partial charge in [-0.05, 0) is 48.6 Å². The normalized spacial score (nSPS) is 11.5. The lowest BCUT2D eigenvalue weighted by atomic mass is 10.4. The number of hydrogen-bond acceptors (Lipinski definition) is 4. The van der Waals surface area contributed by atoms with Crippen molar-refractivity contribution in [2.75, 3.05) is 25.9 Å². The van der Waals surface area contributed by atoms with Crippen molar-refractivity contribution in [1.29, 1.82) is 0 Å². The van der Waals surface area contributed by atoms with E-state index in [4.69, 9.17) is 0 Å². The van der Waals surface area contributed by atoms with E-state index in [1.165, 1.54) is 24.1 Å². The highest BCUT2D eigenvalue weighted by Gasteiger charge is 2.22. The van der Waals surface area contributed by atoms with Crippen molar-refractivity contribution in [3.05, 3.63) is 60.4 Å². The van der Waals surface area contributed by atoms with Gasteiger partial charge in [0.05, 0.1) is 11.4 Å². The number of sulfonamides is 1. The summed E-state index contributed by atoms with van der Waals surface area (Å²) in [6.07, 6.45) is 0.778. The molecule has 2 aromatic carbocycles. The Bertz CT molecular complexity index is 812. The van der Waals surface area contributed by atoms with Crippen LogP contribution >= 0.6 is 11.8 Å². The van der Waals surface area contributed by atoms with Crippen LogP contribution in [-0.2, 0) is 14.8 Å². The Labute approximate surface area is 157 Å². The zero-order valence-electron chi connectivity index (χ0n) is 14.4. The molecule has 0 aliphatic rings. The Morgan fingerprint density at radius 1 is 1.12 bits per heavy atom. The van der Waals surface area contributed by atoms with Crippen LogP contribution in [0, 0.1) is 5.82 Å². The van der Waals surface area contributed by atoms with Gasteiger partial charge in [-0.2, -0.15) is 4.31 Å². The minimum absolute atomic E-state index is 0.0477. The lowest BCUT2D eigenvalue weighted by molar-refractivity contribution is -0.121. The molecule has 1 amide bonds. The van der Waals surface area contributed by atoms with Crippen LogP contribution in [0.5, 0.6) is 0 Å². The molecule has 0 spiro atoms. The van der Waals surface area contributed by atoms with Crippen molar-refractivity contribution in [1.82, 2.24) is 9.62 Å². The van der Waals surface area contributed by atoms with Crippen LogP contribution in [0.25, 0.3) is 0 Å². The first kappa shape index (κ1) is 20.4. The van der Waals surface area contributed by atoms with Gasteiger partial charge in [-0.3, -0.25) is 4.79 Å². The van der Waals surface area contributed by atoms with Gasteiger partial charge in [-0.25, -0.2) is 12.8 Å². The molecular weight excluding hydrogens is 375 g/mol. The van der Waals surface area contributed by atoms with Gasteiger partial charge in [0, 0.05) is 18.5 Å². The maximum Gasteiger partial charge on any atom is 0.243 e. The van der Waals surface area contributed by atoms with Gasteiger partial charge in [0.15, 0.2) is 0 Å². The number of carbonyl (C=O) groups is 1. The van der Waals surface area contributed by atoms with Gasteiger partial charge in [0.25, 0.3) is 0 Å². The summed E-state index contributed by atoms with van der Waals surface area (Å²) in [7, 11) is -2.50. The van der Waals surface area contributed by atoms with Crippen LogP contribution in [0.1, 0.15) is 6.42 Å². The number of halogens is 1. The fourth-order valence-electron chi connectivity index (χ4n) is 2.14. The molecule has 0 heterocycles. The molecule has 0 atom stereocenters. The zero-order chi connectivity index (χ0) is 19.0. The van der Waals surface area contributed by atoms with Gasteiger partial charge in [-0.1, -0.05) is 18.2 Å². The van der Waals surface area contributed by atoms with E-state index < -0.39 is 15.8 Å². The number of hydrogen-bond donors (Lipinski definition) is 1. The molecular formula is C18H21FN2O3S2. The third-order valence-corrected chi connectivity index (χ3v) is 6.46. The van der Waals surface area contributed by atoms with E-state index in [2.05, 4.69) is 5.32 Å². The molecule has 1 N–H and O–H groups in total. The molecule has 0 aliphatic heterocycles. The van der Waals surface area contributed by atoms with Crippen molar-refractivity contribution < 1.29 is 17.6 Å². The SMILES string of the molecule is CN(CC(=O)NCCCSc1ccccc1)S(=O)(=O)c1ccc(F)cc1. The number of nitrogens with zero attached hydrogens (tertiary/aromatic N) is 1. The maximum absolute atomic E-state index is 12.9. The summed E-state index contributed by atoms with van der Waals surface area (Å²) in [6, 6.07) is 14.5. The summed E-state index contributed by atoms with van der Waals surface area (Å²) >= 11 is 1.70. The van der Waals surface area contributed by atoms with Crippen molar-refractivity contribution >= 4 is 27.7 Å². The third kappa shape index (κ3) is 6.12. The Hall–Kier alpha value is -1.90. The van der Waals surface area contributed by atoms with E-state index >= 15 is 0 Å².